The Kier molecular flexibility index (Phi) is 6.68. The number of hydrogen-bond donors (Lipinski definition) is 0. The monoisotopic (exact) mass is 360 g/mol. The molecule has 1 saturated heterocycles. The maximum Gasteiger partial charge on any atom is 0.254 e. The summed E-state index contributed by atoms with van der Waals surface area (Å²) in [6.45, 7) is 12.7. The molecule has 1 aromatic rings. The minimum absolute atomic E-state index is 0.0445. The van der Waals surface area contributed by atoms with Crippen molar-refractivity contribution in [3.63, 3.8) is 0 Å². The van der Waals surface area contributed by atoms with Crippen LogP contribution >= 0.6 is 0 Å². The number of rotatable bonds is 5. The Labute approximate surface area is 157 Å². The van der Waals surface area contributed by atoms with E-state index < -0.39 is 0 Å². The van der Waals surface area contributed by atoms with Crippen LogP contribution in [0.3, 0.4) is 0 Å². The standard InChI is InChI=1S/C21H32N2O3/c1-14(2)11-20(24)22-7-9-23(10-8-22)21(25)18-13-17(15(3)4)19(26-6)12-16(18)5/h12-15H,7-11H2,1-6H3. The zero-order chi connectivity index (χ0) is 19.4. The number of aryl methyl sites for hydroxylation is 1. The molecule has 0 atom stereocenters. The number of methoxy groups -OCH3 is 1. The molecular formula is C21H32N2O3. The number of piperazine rings is 1. The average Bonchev–Trinajstić information content (AvgIpc) is 2.60. The van der Waals surface area contributed by atoms with Crippen molar-refractivity contribution in [1.82, 2.24) is 9.80 Å². The first-order valence-corrected chi connectivity index (χ1v) is 9.50. The van der Waals surface area contributed by atoms with Gasteiger partial charge in [0.1, 0.15) is 5.75 Å². The molecular weight excluding hydrogens is 328 g/mol. The molecule has 0 bridgehead atoms. The molecule has 0 spiro atoms. The quantitative estimate of drug-likeness (QED) is 0.808. The molecule has 2 rings (SSSR count). The number of ether oxygens (including phenoxy) is 1. The maximum atomic E-state index is 13.0. The molecule has 0 aliphatic carbocycles. The molecule has 1 heterocycles. The van der Waals surface area contributed by atoms with Crippen molar-refractivity contribution in [2.75, 3.05) is 33.3 Å². The van der Waals surface area contributed by atoms with Gasteiger partial charge in [-0.15, -0.1) is 0 Å². The van der Waals surface area contributed by atoms with Gasteiger partial charge in [0.15, 0.2) is 0 Å². The molecule has 144 valence electrons. The van der Waals surface area contributed by atoms with Crippen LogP contribution in [0, 0.1) is 12.8 Å². The van der Waals surface area contributed by atoms with Crippen LogP contribution < -0.4 is 4.74 Å². The van der Waals surface area contributed by atoms with Gasteiger partial charge in [-0.2, -0.15) is 0 Å². The molecule has 1 fully saturated rings. The summed E-state index contributed by atoms with van der Waals surface area (Å²) < 4.78 is 5.47. The van der Waals surface area contributed by atoms with Crippen molar-refractivity contribution in [3.8, 4) is 5.75 Å². The zero-order valence-corrected chi connectivity index (χ0v) is 17.0. The summed E-state index contributed by atoms with van der Waals surface area (Å²) in [5.41, 5.74) is 2.71. The second-order valence-electron chi connectivity index (χ2n) is 7.83. The summed E-state index contributed by atoms with van der Waals surface area (Å²) >= 11 is 0. The lowest BCUT2D eigenvalue weighted by molar-refractivity contribution is -0.133. The van der Waals surface area contributed by atoms with E-state index in [2.05, 4.69) is 27.7 Å². The van der Waals surface area contributed by atoms with Crippen molar-refractivity contribution < 1.29 is 14.3 Å². The number of benzene rings is 1. The first kappa shape index (κ1) is 20.3. The molecule has 5 heteroatoms. The predicted molar refractivity (Wildman–Crippen MR) is 104 cm³/mol. The molecule has 26 heavy (non-hydrogen) atoms. The highest BCUT2D eigenvalue weighted by atomic mass is 16.5. The summed E-state index contributed by atoms with van der Waals surface area (Å²) in [6.07, 6.45) is 0.573. The normalized spacial score (nSPS) is 14.9. The van der Waals surface area contributed by atoms with E-state index in [4.69, 9.17) is 4.74 Å². The molecule has 1 aliphatic heterocycles. The Morgan fingerprint density at radius 3 is 2.12 bits per heavy atom. The molecule has 0 N–H and O–H groups in total. The van der Waals surface area contributed by atoms with Gasteiger partial charge in [-0.05, 0) is 42.0 Å². The third-order valence-electron chi connectivity index (χ3n) is 4.93. The Hall–Kier alpha value is -2.04. The van der Waals surface area contributed by atoms with E-state index in [0.29, 0.717) is 38.5 Å². The SMILES string of the molecule is COc1cc(C)c(C(=O)N2CCN(C(=O)CC(C)C)CC2)cc1C(C)C. The second-order valence-corrected chi connectivity index (χ2v) is 7.83. The summed E-state index contributed by atoms with van der Waals surface area (Å²) in [5.74, 6) is 1.71. The van der Waals surface area contributed by atoms with Crippen LogP contribution in [0.5, 0.6) is 5.75 Å². The van der Waals surface area contributed by atoms with Gasteiger partial charge in [-0.3, -0.25) is 9.59 Å². The number of carbonyl (C=O) groups excluding carboxylic acids is 2. The Morgan fingerprint density at radius 1 is 1.04 bits per heavy atom. The summed E-state index contributed by atoms with van der Waals surface area (Å²) in [7, 11) is 1.66. The van der Waals surface area contributed by atoms with E-state index in [-0.39, 0.29) is 17.7 Å². The fourth-order valence-electron chi connectivity index (χ4n) is 3.36. The molecule has 0 saturated carbocycles. The maximum absolute atomic E-state index is 13.0. The van der Waals surface area contributed by atoms with Crippen molar-refractivity contribution in [2.45, 2.75) is 47.0 Å². The molecule has 0 unspecified atom stereocenters. The predicted octanol–water partition coefficient (Wildman–Crippen LogP) is 3.46. The first-order valence-electron chi connectivity index (χ1n) is 9.50. The minimum Gasteiger partial charge on any atom is -0.496 e. The highest BCUT2D eigenvalue weighted by Crippen LogP contribution is 2.30. The van der Waals surface area contributed by atoms with Crippen molar-refractivity contribution in [1.29, 1.82) is 0 Å². The lowest BCUT2D eigenvalue weighted by Crippen LogP contribution is -2.50. The van der Waals surface area contributed by atoms with E-state index in [1.54, 1.807) is 7.11 Å². The summed E-state index contributed by atoms with van der Waals surface area (Å²) in [5, 5.41) is 0. The summed E-state index contributed by atoms with van der Waals surface area (Å²) in [4.78, 5) is 29.0. The Morgan fingerprint density at radius 2 is 1.62 bits per heavy atom. The number of carbonyl (C=O) groups is 2. The molecule has 0 aromatic heterocycles. The van der Waals surface area contributed by atoms with E-state index in [9.17, 15) is 9.59 Å². The number of nitrogens with zero attached hydrogens (tertiary/aromatic N) is 2. The van der Waals surface area contributed by atoms with Crippen molar-refractivity contribution in [2.24, 2.45) is 5.92 Å². The summed E-state index contributed by atoms with van der Waals surface area (Å²) in [6, 6.07) is 3.92. The number of hydrogen-bond acceptors (Lipinski definition) is 3. The van der Waals surface area contributed by atoms with Gasteiger partial charge in [0, 0.05) is 38.2 Å². The van der Waals surface area contributed by atoms with Gasteiger partial charge < -0.3 is 14.5 Å². The Bertz CT molecular complexity index is 659. The van der Waals surface area contributed by atoms with Crippen LogP contribution in [0.4, 0.5) is 0 Å². The lowest BCUT2D eigenvalue weighted by Gasteiger charge is -2.35. The van der Waals surface area contributed by atoms with E-state index in [1.165, 1.54) is 0 Å². The fraction of sp³-hybridized carbons (Fsp3) is 0.619. The van der Waals surface area contributed by atoms with Crippen molar-refractivity contribution in [3.05, 3.63) is 28.8 Å². The highest BCUT2D eigenvalue weighted by Gasteiger charge is 2.26. The average molecular weight is 360 g/mol. The van der Waals surface area contributed by atoms with Crippen LogP contribution in [-0.4, -0.2) is 54.9 Å². The van der Waals surface area contributed by atoms with Gasteiger partial charge >= 0.3 is 0 Å². The first-order chi connectivity index (χ1) is 12.2. The Balaban J connectivity index is 2.11. The van der Waals surface area contributed by atoms with Gasteiger partial charge in [0.25, 0.3) is 5.91 Å². The lowest BCUT2D eigenvalue weighted by atomic mass is 9.95. The minimum atomic E-state index is 0.0445. The zero-order valence-electron chi connectivity index (χ0n) is 17.0. The number of amides is 2. The largest absolute Gasteiger partial charge is 0.496 e. The van der Waals surface area contributed by atoms with Gasteiger partial charge in [0.05, 0.1) is 7.11 Å². The molecule has 5 nitrogen and oxygen atoms in total. The molecule has 1 aromatic carbocycles. The topological polar surface area (TPSA) is 49.9 Å². The third-order valence-corrected chi connectivity index (χ3v) is 4.93. The van der Waals surface area contributed by atoms with Crippen LogP contribution in [0.25, 0.3) is 0 Å². The third kappa shape index (κ3) is 4.57. The highest BCUT2D eigenvalue weighted by molar-refractivity contribution is 5.96. The second kappa shape index (κ2) is 8.56. The molecule has 0 radical (unpaired) electrons. The van der Waals surface area contributed by atoms with Gasteiger partial charge in [-0.1, -0.05) is 27.7 Å². The van der Waals surface area contributed by atoms with Crippen LogP contribution in [0.1, 0.15) is 61.5 Å². The van der Waals surface area contributed by atoms with Crippen LogP contribution in [0.2, 0.25) is 0 Å². The van der Waals surface area contributed by atoms with Crippen molar-refractivity contribution >= 4 is 11.8 Å². The van der Waals surface area contributed by atoms with Crippen LogP contribution in [0.15, 0.2) is 12.1 Å². The van der Waals surface area contributed by atoms with Gasteiger partial charge in [0.2, 0.25) is 5.91 Å². The molecule has 1 aliphatic rings. The van der Waals surface area contributed by atoms with Gasteiger partial charge in [-0.25, -0.2) is 0 Å². The smallest absolute Gasteiger partial charge is 0.254 e. The molecule has 2 amide bonds. The van der Waals surface area contributed by atoms with E-state index in [0.717, 1.165) is 22.4 Å². The van der Waals surface area contributed by atoms with E-state index in [1.807, 2.05) is 28.9 Å². The van der Waals surface area contributed by atoms with Crippen LogP contribution in [-0.2, 0) is 4.79 Å². The fourth-order valence-corrected chi connectivity index (χ4v) is 3.36. The van der Waals surface area contributed by atoms with E-state index >= 15 is 0 Å².